The Morgan fingerprint density at radius 3 is 2.69 bits per heavy atom. The summed E-state index contributed by atoms with van der Waals surface area (Å²) >= 11 is 0. The number of aromatic nitrogens is 2. The average Bonchev–Trinajstić information content (AvgIpc) is 3.18. The fraction of sp³-hybridized carbons (Fsp3) is 0.765. The number of rotatable bonds is 4. The predicted octanol–water partition coefficient (Wildman–Crippen LogP) is 0.625. The van der Waals surface area contributed by atoms with Crippen LogP contribution in [-0.2, 0) is 14.8 Å². The molecule has 1 aromatic rings. The van der Waals surface area contributed by atoms with Gasteiger partial charge in [0.05, 0.1) is 17.3 Å². The maximum absolute atomic E-state index is 13.1. The highest BCUT2D eigenvalue weighted by molar-refractivity contribution is 7.89. The number of aryl methyl sites for hydroxylation is 2. The monoisotopic (exact) mass is 383 g/mol. The van der Waals surface area contributed by atoms with Crippen LogP contribution in [0.3, 0.4) is 0 Å². The maximum Gasteiger partial charge on any atom is 0.246 e. The SMILES string of the molecule is Cc1n[nH]c(C)c1S(=O)(=O)N1CCCC(C(=O)N2CCC(C)(CN)C2)C1. The van der Waals surface area contributed by atoms with Gasteiger partial charge in [0.15, 0.2) is 0 Å². The van der Waals surface area contributed by atoms with Gasteiger partial charge in [-0.15, -0.1) is 0 Å². The van der Waals surface area contributed by atoms with Gasteiger partial charge in [0.1, 0.15) is 4.90 Å². The van der Waals surface area contributed by atoms with Crippen LogP contribution in [0.15, 0.2) is 4.90 Å². The molecule has 3 heterocycles. The molecule has 3 N–H and O–H groups in total. The fourth-order valence-corrected chi connectivity index (χ4v) is 5.90. The van der Waals surface area contributed by atoms with Crippen molar-refractivity contribution in [3.8, 4) is 0 Å². The normalized spacial score (nSPS) is 27.8. The van der Waals surface area contributed by atoms with Crippen molar-refractivity contribution in [3.63, 3.8) is 0 Å². The maximum atomic E-state index is 13.1. The number of nitrogens with zero attached hydrogens (tertiary/aromatic N) is 3. The summed E-state index contributed by atoms with van der Waals surface area (Å²) in [6, 6.07) is 0. The number of likely N-dealkylation sites (tertiary alicyclic amines) is 1. The number of carbonyl (C=O) groups is 1. The van der Waals surface area contributed by atoms with Gasteiger partial charge in [0.2, 0.25) is 15.9 Å². The Morgan fingerprint density at radius 2 is 2.12 bits per heavy atom. The van der Waals surface area contributed by atoms with Crippen molar-refractivity contribution >= 4 is 15.9 Å². The second-order valence-corrected chi connectivity index (χ2v) is 9.86. The van der Waals surface area contributed by atoms with Crippen LogP contribution in [0.1, 0.15) is 37.6 Å². The second-order valence-electron chi connectivity index (χ2n) is 7.99. The van der Waals surface area contributed by atoms with Crippen LogP contribution in [0.25, 0.3) is 0 Å². The summed E-state index contributed by atoms with van der Waals surface area (Å²) < 4.78 is 27.6. The molecule has 0 spiro atoms. The van der Waals surface area contributed by atoms with E-state index in [1.807, 2.05) is 4.90 Å². The minimum atomic E-state index is -3.65. The molecule has 1 aromatic heterocycles. The summed E-state index contributed by atoms with van der Waals surface area (Å²) in [5.41, 5.74) is 6.81. The summed E-state index contributed by atoms with van der Waals surface area (Å²) in [5, 5.41) is 6.74. The Morgan fingerprint density at radius 1 is 1.38 bits per heavy atom. The third-order valence-corrected chi connectivity index (χ3v) is 7.88. The molecule has 0 radical (unpaired) electrons. The average molecular weight is 384 g/mol. The van der Waals surface area contributed by atoms with Crippen LogP contribution in [0.5, 0.6) is 0 Å². The molecule has 146 valence electrons. The predicted molar refractivity (Wildman–Crippen MR) is 97.9 cm³/mol. The molecule has 2 saturated heterocycles. The van der Waals surface area contributed by atoms with Gasteiger partial charge in [-0.25, -0.2) is 8.42 Å². The van der Waals surface area contributed by atoms with Crippen LogP contribution < -0.4 is 5.73 Å². The van der Waals surface area contributed by atoms with Gasteiger partial charge >= 0.3 is 0 Å². The van der Waals surface area contributed by atoms with Crippen LogP contribution >= 0.6 is 0 Å². The van der Waals surface area contributed by atoms with Crippen molar-refractivity contribution in [3.05, 3.63) is 11.4 Å². The number of piperidine rings is 1. The Kier molecular flexibility index (Phi) is 5.15. The van der Waals surface area contributed by atoms with Gasteiger partial charge in [0, 0.05) is 26.2 Å². The summed E-state index contributed by atoms with van der Waals surface area (Å²) in [6.45, 7) is 8.08. The van der Waals surface area contributed by atoms with Gasteiger partial charge in [-0.2, -0.15) is 9.40 Å². The number of amides is 1. The number of nitrogens with one attached hydrogen (secondary N) is 1. The highest BCUT2D eigenvalue weighted by Gasteiger charge is 2.40. The molecule has 0 saturated carbocycles. The molecular weight excluding hydrogens is 354 g/mol. The van der Waals surface area contributed by atoms with E-state index in [1.165, 1.54) is 4.31 Å². The molecule has 2 aliphatic heterocycles. The van der Waals surface area contributed by atoms with Gasteiger partial charge in [-0.1, -0.05) is 6.92 Å². The molecule has 2 atom stereocenters. The van der Waals surface area contributed by atoms with E-state index >= 15 is 0 Å². The van der Waals surface area contributed by atoms with E-state index in [0.717, 1.165) is 12.8 Å². The summed E-state index contributed by atoms with van der Waals surface area (Å²) in [7, 11) is -3.65. The zero-order valence-electron chi connectivity index (χ0n) is 15.8. The van der Waals surface area contributed by atoms with Crippen LogP contribution in [-0.4, -0.2) is 66.5 Å². The number of carbonyl (C=O) groups excluding carboxylic acids is 1. The first kappa shape index (κ1) is 19.3. The third-order valence-electron chi connectivity index (χ3n) is 5.75. The molecule has 9 heteroatoms. The number of nitrogens with two attached hydrogens (primary N) is 1. The zero-order valence-corrected chi connectivity index (χ0v) is 16.6. The standard InChI is InChI=1S/C17H29N5O3S/c1-12-15(13(2)20-19-12)26(24,25)22-7-4-5-14(9-22)16(23)21-8-6-17(3,10-18)11-21/h14H,4-11,18H2,1-3H3,(H,19,20). The van der Waals surface area contributed by atoms with E-state index in [-0.39, 0.29) is 28.7 Å². The van der Waals surface area contributed by atoms with Crippen LogP contribution in [0.2, 0.25) is 0 Å². The van der Waals surface area contributed by atoms with Crippen LogP contribution in [0, 0.1) is 25.2 Å². The van der Waals surface area contributed by atoms with Gasteiger partial charge in [0.25, 0.3) is 0 Å². The van der Waals surface area contributed by atoms with E-state index < -0.39 is 10.0 Å². The Hall–Kier alpha value is -1.45. The smallest absolute Gasteiger partial charge is 0.246 e. The molecule has 2 unspecified atom stereocenters. The second kappa shape index (κ2) is 6.94. The lowest BCUT2D eigenvalue weighted by Crippen LogP contribution is -2.47. The Labute approximate surface area is 155 Å². The lowest BCUT2D eigenvalue weighted by atomic mass is 9.90. The molecule has 0 bridgehead atoms. The van der Waals surface area contributed by atoms with Gasteiger partial charge in [-0.3, -0.25) is 9.89 Å². The lowest BCUT2D eigenvalue weighted by molar-refractivity contribution is -0.136. The Bertz CT molecular complexity index is 771. The molecule has 0 aliphatic carbocycles. The first-order valence-corrected chi connectivity index (χ1v) is 10.6. The zero-order chi connectivity index (χ0) is 19.1. The summed E-state index contributed by atoms with van der Waals surface area (Å²) in [5.74, 6) is -0.228. The number of hydrogen-bond donors (Lipinski definition) is 2. The van der Waals surface area contributed by atoms with Crippen molar-refractivity contribution in [2.24, 2.45) is 17.1 Å². The van der Waals surface area contributed by atoms with Crippen molar-refractivity contribution in [2.75, 3.05) is 32.7 Å². The number of sulfonamides is 1. The molecule has 2 fully saturated rings. The molecular formula is C17H29N5O3S. The number of hydrogen-bond acceptors (Lipinski definition) is 5. The van der Waals surface area contributed by atoms with Crippen molar-refractivity contribution in [1.82, 2.24) is 19.4 Å². The summed E-state index contributed by atoms with van der Waals surface area (Å²) in [6.07, 6.45) is 2.31. The minimum absolute atomic E-state index is 0.0267. The van der Waals surface area contributed by atoms with E-state index in [0.29, 0.717) is 44.0 Å². The Balaban J connectivity index is 1.75. The number of H-pyrrole nitrogens is 1. The highest BCUT2D eigenvalue weighted by atomic mass is 32.2. The largest absolute Gasteiger partial charge is 0.342 e. The first-order chi connectivity index (χ1) is 12.2. The van der Waals surface area contributed by atoms with Crippen LogP contribution in [0.4, 0.5) is 0 Å². The lowest BCUT2D eigenvalue weighted by Gasteiger charge is -2.33. The first-order valence-electron chi connectivity index (χ1n) is 9.18. The topological polar surface area (TPSA) is 112 Å². The van der Waals surface area contributed by atoms with E-state index in [2.05, 4.69) is 17.1 Å². The third kappa shape index (κ3) is 3.39. The molecule has 26 heavy (non-hydrogen) atoms. The molecule has 8 nitrogen and oxygen atoms in total. The van der Waals surface area contributed by atoms with Gasteiger partial charge in [-0.05, 0) is 45.1 Å². The summed E-state index contributed by atoms with van der Waals surface area (Å²) in [4.78, 5) is 15.0. The molecule has 0 aromatic carbocycles. The quantitative estimate of drug-likeness (QED) is 0.792. The van der Waals surface area contributed by atoms with Crippen molar-refractivity contribution in [1.29, 1.82) is 0 Å². The number of aromatic amines is 1. The van der Waals surface area contributed by atoms with E-state index in [1.54, 1.807) is 13.8 Å². The molecule has 1 amide bonds. The fourth-order valence-electron chi connectivity index (χ4n) is 4.05. The van der Waals surface area contributed by atoms with E-state index in [4.69, 9.17) is 5.73 Å². The minimum Gasteiger partial charge on any atom is -0.342 e. The molecule has 3 rings (SSSR count). The highest BCUT2D eigenvalue weighted by Crippen LogP contribution is 2.32. The van der Waals surface area contributed by atoms with Crippen molar-refractivity contribution in [2.45, 2.75) is 44.9 Å². The van der Waals surface area contributed by atoms with Gasteiger partial charge < -0.3 is 10.6 Å². The van der Waals surface area contributed by atoms with Crippen molar-refractivity contribution < 1.29 is 13.2 Å². The molecule has 2 aliphatic rings. The van der Waals surface area contributed by atoms with E-state index in [9.17, 15) is 13.2 Å².